The van der Waals surface area contributed by atoms with Gasteiger partial charge < -0.3 is 11.1 Å². The third-order valence-electron chi connectivity index (χ3n) is 3.77. The van der Waals surface area contributed by atoms with Gasteiger partial charge in [-0.3, -0.25) is 0 Å². The number of benzene rings is 1. The van der Waals surface area contributed by atoms with Gasteiger partial charge in [0.05, 0.1) is 0 Å². The molecule has 1 aliphatic rings. The predicted octanol–water partition coefficient (Wildman–Crippen LogP) is 3.44. The molecule has 2 unspecified atom stereocenters. The van der Waals surface area contributed by atoms with E-state index in [0.29, 0.717) is 12.0 Å². The molecule has 0 amide bonds. The Labute approximate surface area is 106 Å². The lowest BCUT2D eigenvalue weighted by molar-refractivity contribution is 0.517. The predicted molar refractivity (Wildman–Crippen MR) is 75.6 cm³/mol. The van der Waals surface area contributed by atoms with Crippen LogP contribution in [-0.4, -0.2) is 12.6 Å². The zero-order valence-electron chi connectivity index (χ0n) is 9.86. The molecular formula is C14H18N2S. The van der Waals surface area contributed by atoms with Crippen molar-refractivity contribution in [1.29, 1.82) is 0 Å². The number of anilines is 1. The van der Waals surface area contributed by atoms with Crippen LogP contribution < -0.4 is 11.1 Å². The van der Waals surface area contributed by atoms with Crippen LogP contribution in [0.5, 0.6) is 0 Å². The SMILES string of the molecule is NCC1CCCC1Nc1ccc2sccc2c1. The molecule has 0 bridgehead atoms. The van der Waals surface area contributed by atoms with Crippen molar-refractivity contribution in [2.75, 3.05) is 11.9 Å². The van der Waals surface area contributed by atoms with Crippen molar-refractivity contribution in [2.24, 2.45) is 11.7 Å². The van der Waals surface area contributed by atoms with Crippen molar-refractivity contribution in [2.45, 2.75) is 25.3 Å². The second kappa shape index (κ2) is 4.67. The van der Waals surface area contributed by atoms with Crippen LogP contribution in [-0.2, 0) is 0 Å². The Morgan fingerprint density at radius 1 is 1.29 bits per heavy atom. The minimum Gasteiger partial charge on any atom is -0.382 e. The molecule has 0 spiro atoms. The van der Waals surface area contributed by atoms with Crippen LogP contribution in [0.25, 0.3) is 10.1 Å². The molecule has 1 fully saturated rings. The van der Waals surface area contributed by atoms with Crippen LogP contribution in [0.15, 0.2) is 29.6 Å². The first-order chi connectivity index (χ1) is 8.36. The Morgan fingerprint density at radius 2 is 2.24 bits per heavy atom. The summed E-state index contributed by atoms with van der Waals surface area (Å²) >= 11 is 1.80. The van der Waals surface area contributed by atoms with Gasteiger partial charge in [0.1, 0.15) is 0 Å². The monoisotopic (exact) mass is 246 g/mol. The lowest BCUT2D eigenvalue weighted by Crippen LogP contribution is -2.29. The van der Waals surface area contributed by atoms with Gasteiger partial charge in [-0.1, -0.05) is 6.42 Å². The maximum absolute atomic E-state index is 5.81. The molecule has 1 aromatic heterocycles. The fraction of sp³-hybridized carbons (Fsp3) is 0.429. The van der Waals surface area contributed by atoms with E-state index < -0.39 is 0 Å². The number of thiophene rings is 1. The van der Waals surface area contributed by atoms with E-state index in [-0.39, 0.29) is 0 Å². The van der Waals surface area contributed by atoms with E-state index in [1.54, 1.807) is 11.3 Å². The zero-order chi connectivity index (χ0) is 11.7. The highest BCUT2D eigenvalue weighted by molar-refractivity contribution is 7.17. The first-order valence-corrected chi connectivity index (χ1v) is 7.18. The molecule has 0 aliphatic heterocycles. The molecule has 2 nitrogen and oxygen atoms in total. The zero-order valence-corrected chi connectivity index (χ0v) is 10.7. The molecule has 0 radical (unpaired) electrons. The summed E-state index contributed by atoms with van der Waals surface area (Å²) < 4.78 is 1.36. The third kappa shape index (κ3) is 2.17. The number of hydrogen-bond donors (Lipinski definition) is 2. The lowest BCUT2D eigenvalue weighted by atomic mass is 10.0. The molecule has 1 heterocycles. The van der Waals surface area contributed by atoms with Crippen molar-refractivity contribution in [3.8, 4) is 0 Å². The summed E-state index contributed by atoms with van der Waals surface area (Å²) in [5.41, 5.74) is 7.05. The Hall–Kier alpha value is -1.06. The van der Waals surface area contributed by atoms with E-state index in [1.807, 2.05) is 0 Å². The van der Waals surface area contributed by atoms with Crippen LogP contribution in [0.1, 0.15) is 19.3 Å². The highest BCUT2D eigenvalue weighted by Crippen LogP contribution is 2.30. The summed E-state index contributed by atoms with van der Waals surface area (Å²) in [6.07, 6.45) is 3.83. The molecule has 3 N–H and O–H groups in total. The second-order valence-electron chi connectivity index (χ2n) is 4.85. The Kier molecular flexibility index (Phi) is 3.04. The first kappa shape index (κ1) is 11.1. The van der Waals surface area contributed by atoms with Gasteiger partial charge in [0.25, 0.3) is 0 Å². The fourth-order valence-corrected chi connectivity index (χ4v) is 3.55. The van der Waals surface area contributed by atoms with Crippen molar-refractivity contribution in [3.05, 3.63) is 29.6 Å². The molecule has 3 rings (SSSR count). The molecule has 1 aliphatic carbocycles. The molecule has 3 heteroatoms. The van der Waals surface area contributed by atoms with E-state index in [0.717, 1.165) is 6.54 Å². The number of fused-ring (bicyclic) bond motifs is 1. The molecule has 1 saturated carbocycles. The molecule has 2 aromatic rings. The molecule has 0 saturated heterocycles. The number of rotatable bonds is 3. The normalized spacial score (nSPS) is 24.3. The average Bonchev–Trinajstić information content (AvgIpc) is 2.96. The van der Waals surface area contributed by atoms with Gasteiger partial charge in [0.2, 0.25) is 0 Å². The summed E-state index contributed by atoms with van der Waals surface area (Å²) in [4.78, 5) is 0. The quantitative estimate of drug-likeness (QED) is 0.870. The molecule has 1 aromatic carbocycles. The van der Waals surface area contributed by atoms with Crippen molar-refractivity contribution >= 4 is 27.1 Å². The molecule has 2 atom stereocenters. The largest absolute Gasteiger partial charge is 0.382 e. The Bertz CT molecular complexity index is 506. The molecule has 17 heavy (non-hydrogen) atoms. The molecule has 90 valence electrons. The Balaban J connectivity index is 1.79. The summed E-state index contributed by atoms with van der Waals surface area (Å²) in [7, 11) is 0. The van der Waals surface area contributed by atoms with Gasteiger partial charge in [-0.2, -0.15) is 0 Å². The lowest BCUT2D eigenvalue weighted by Gasteiger charge is -2.20. The van der Waals surface area contributed by atoms with Crippen LogP contribution in [0.2, 0.25) is 0 Å². The number of hydrogen-bond acceptors (Lipinski definition) is 3. The minimum atomic E-state index is 0.566. The van der Waals surface area contributed by atoms with E-state index in [1.165, 1.54) is 35.0 Å². The van der Waals surface area contributed by atoms with Crippen LogP contribution in [0, 0.1) is 5.92 Å². The van der Waals surface area contributed by atoms with Gasteiger partial charge in [-0.25, -0.2) is 0 Å². The maximum Gasteiger partial charge on any atom is 0.0349 e. The van der Waals surface area contributed by atoms with Gasteiger partial charge in [0.15, 0.2) is 0 Å². The smallest absolute Gasteiger partial charge is 0.0349 e. The first-order valence-electron chi connectivity index (χ1n) is 6.30. The van der Waals surface area contributed by atoms with Crippen LogP contribution >= 0.6 is 11.3 Å². The van der Waals surface area contributed by atoms with Gasteiger partial charge in [0, 0.05) is 16.4 Å². The average molecular weight is 246 g/mol. The van der Waals surface area contributed by atoms with Crippen LogP contribution in [0.3, 0.4) is 0 Å². The van der Waals surface area contributed by atoms with Gasteiger partial charge >= 0.3 is 0 Å². The third-order valence-corrected chi connectivity index (χ3v) is 4.66. The summed E-state index contributed by atoms with van der Waals surface area (Å²) in [6.45, 7) is 0.804. The Morgan fingerprint density at radius 3 is 3.12 bits per heavy atom. The van der Waals surface area contributed by atoms with Gasteiger partial charge in [-0.05, 0) is 60.3 Å². The molecular weight excluding hydrogens is 228 g/mol. The van der Waals surface area contributed by atoms with Crippen molar-refractivity contribution in [3.63, 3.8) is 0 Å². The van der Waals surface area contributed by atoms with E-state index in [9.17, 15) is 0 Å². The minimum absolute atomic E-state index is 0.566. The highest BCUT2D eigenvalue weighted by Gasteiger charge is 2.25. The van der Waals surface area contributed by atoms with Crippen molar-refractivity contribution < 1.29 is 0 Å². The number of nitrogens with two attached hydrogens (primary N) is 1. The fourth-order valence-electron chi connectivity index (χ4n) is 2.78. The topological polar surface area (TPSA) is 38.0 Å². The maximum atomic E-state index is 5.81. The highest BCUT2D eigenvalue weighted by atomic mass is 32.1. The van der Waals surface area contributed by atoms with Crippen LogP contribution in [0.4, 0.5) is 5.69 Å². The van der Waals surface area contributed by atoms with E-state index in [4.69, 9.17) is 5.73 Å². The summed E-state index contributed by atoms with van der Waals surface area (Å²) in [5, 5.41) is 7.13. The van der Waals surface area contributed by atoms with E-state index >= 15 is 0 Å². The summed E-state index contributed by atoms with van der Waals surface area (Å²) in [6, 6.07) is 9.38. The van der Waals surface area contributed by atoms with Crippen molar-refractivity contribution in [1.82, 2.24) is 0 Å². The van der Waals surface area contributed by atoms with E-state index in [2.05, 4.69) is 35.0 Å². The van der Waals surface area contributed by atoms with Gasteiger partial charge in [-0.15, -0.1) is 11.3 Å². The summed E-state index contributed by atoms with van der Waals surface area (Å²) in [5.74, 6) is 0.646. The standard InChI is InChI=1S/C14H18N2S/c15-9-11-2-1-3-13(11)16-12-4-5-14-10(8-12)6-7-17-14/h4-8,11,13,16H,1-3,9,15H2. The second-order valence-corrected chi connectivity index (χ2v) is 5.80. The number of nitrogens with one attached hydrogen (secondary N) is 1.